The molecule has 0 unspecified atom stereocenters. The number of hydrogen-bond acceptors (Lipinski definition) is 2. The van der Waals surface area contributed by atoms with Crippen LogP contribution >= 0.6 is 0 Å². The van der Waals surface area contributed by atoms with Crippen LogP contribution in [0.1, 0.15) is 82.3 Å². The van der Waals surface area contributed by atoms with Crippen molar-refractivity contribution in [3.05, 3.63) is 80.1 Å². The lowest BCUT2D eigenvalue weighted by Crippen LogP contribution is -2.03. The Bertz CT molecular complexity index is 1570. The third kappa shape index (κ3) is 4.18. The van der Waals surface area contributed by atoms with E-state index in [1.54, 1.807) is 0 Å². The monoisotopic (exact) mass is 464 g/mol. The van der Waals surface area contributed by atoms with Gasteiger partial charge < -0.3 is 0 Å². The average Bonchev–Trinajstić information content (AvgIpc) is 3.35. The maximum atomic E-state index is 13.7. The van der Waals surface area contributed by atoms with E-state index in [4.69, 9.17) is 0 Å². The van der Waals surface area contributed by atoms with E-state index in [1.807, 2.05) is 49.4 Å². The van der Waals surface area contributed by atoms with Crippen LogP contribution in [0.4, 0.5) is 0 Å². The number of aryl methyl sites for hydroxylation is 2. The van der Waals surface area contributed by atoms with E-state index >= 15 is 0 Å². The molecule has 0 atom stereocenters. The lowest BCUT2D eigenvalue weighted by atomic mass is 9.92. The van der Waals surface area contributed by atoms with Crippen LogP contribution in [0.3, 0.4) is 0 Å². The molecule has 0 saturated carbocycles. The number of unbranched alkanes of at least 4 members (excludes halogenated alkanes) is 9. The molecule has 0 bridgehead atoms. The molecule has 0 amide bonds. The van der Waals surface area contributed by atoms with Gasteiger partial charge in [0.25, 0.3) is 0 Å². The molecule has 0 radical (unpaired) electrons. The molecular weight excluding hydrogens is 428 g/mol. The van der Waals surface area contributed by atoms with Crippen LogP contribution in [0.5, 0.6) is 0 Å². The van der Waals surface area contributed by atoms with Gasteiger partial charge in [0.2, 0.25) is 0 Å². The van der Waals surface area contributed by atoms with E-state index in [1.165, 1.54) is 57.8 Å². The number of rotatable bonds is 11. The summed E-state index contributed by atoms with van der Waals surface area (Å²) in [5.74, 6) is 0. The second-order valence-corrected chi connectivity index (χ2v) is 10.3. The van der Waals surface area contributed by atoms with E-state index in [0.29, 0.717) is 0 Å². The highest BCUT2D eigenvalue weighted by Gasteiger charge is 2.23. The second kappa shape index (κ2) is 10.3. The van der Waals surface area contributed by atoms with Crippen LogP contribution < -0.4 is 10.9 Å². The number of benzene rings is 3. The van der Waals surface area contributed by atoms with Crippen molar-refractivity contribution in [2.45, 2.75) is 84.5 Å². The molecule has 5 rings (SSSR count). The van der Waals surface area contributed by atoms with Crippen molar-refractivity contribution in [2.24, 2.45) is 0 Å². The molecule has 0 heterocycles. The molecule has 0 fully saturated rings. The quantitative estimate of drug-likeness (QED) is 0.183. The zero-order valence-corrected chi connectivity index (χ0v) is 21.2. The third-order valence-corrected chi connectivity index (χ3v) is 7.97. The molecule has 5 aromatic carbocycles. The highest BCUT2D eigenvalue weighted by atomic mass is 16.1. The number of fused-ring (bicyclic) bond motifs is 6. The van der Waals surface area contributed by atoms with Crippen molar-refractivity contribution >= 4 is 43.1 Å². The molecule has 0 aliphatic rings. The Morgan fingerprint density at radius 1 is 0.514 bits per heavy atom. The van der Waals surface area contributed by atoms with Gasteiger partial charge in [-0.3, -0.25) is 9.59 Å². The molecule has 0 aliphatic carbocycles. The van der Waals surface area contributed by atoms with Crippen LogP contribution in [-0.4, -0.2) is 0 Å². The molecule has 2 heteroatoms. The fourth-order valence-electron chi connectivity index (χ4n) is 6.20. The molecule has 0 saturated heterocycles. The summed E-state index contributed by atoms with van der Waals surface area (Å²) in [6.07, 6.45) is 13.7. The fourth-order valence-corrected chi connectivity index (χ4v) is 6.20. The number of hydrogen-bond donors (Lipinski definition) is 0. The van der Waals surface area contributed by atoms with Crippen molar-refractivity contribution in [1.29, 1.82) is 0 Å². The first-order valence-corrected chi connectivity index (χ1v) is 13.6. The van der Waals surface area contributed by atoms with Gasteiger partial charge in [0.1, 0.15) is 0 Å². The SMILES string of the molecule is CCCCCCCCCCCCc1c2c(=O)c3ccccc3c2c(C)c2c(=O)c3ccccc3c12. The molecule has 0 aliphatic heterocycles. The highest BCUT2D eigenvalue weighted by Crippen LogP contribution is 2.39. The maximum Gasteiger partial charge on any atom is 0.194 e. The molecule has 2 nitrogen and oxygen atoms in total. The summed E-state index contributed by atoms with van der Waals surface area (Å²) in [7, 11) is 0. The van der Waals surface area contributed by atoms with Gasteiger partial charge in [-0.2, -0.15) is 0 Å². The first-order valence-electron chi connectivity index (χ1n) is 13.6. The summed E-state index contributed by atoms with van der Waals surface area (Å²) < 4.78 is 0. The summed E-state index contributed by atoms with van der Waals surface area (Å²) in [5, 5.41) is 7.23. The molecule has 0 N–H and O–H groups in total. The van der Waals surface area contributed by atoms with Crippen LogP contribution in [0, 0.1) is 6.92 Å². The van der Waals surface area contributed by atoms with Crippen molar-refractivity contribution in [3.63, 3.8) is 0 Å². The first kappa shape index (κ1) is 23.7. The summed E-state index contributed by atoms with van der Waals surface area (Å²) in [5.41, 5.74) is 2.29. The van der Waals surface area contributed by atoms with Gasteiger partial charge in [0.15, 0.2) is 10.9 Å². The minimum atomic E-state index is 0.108. The van der Waals surface area contributed by atoms with Gasteiger partial charge in [0, 0.05) is 21.5 Å². The molecular formula is C33H36O2. The summed E-state index contributed by atoms with van der Waals surface area (Å²) in [6, 6.07) is 15.8. The van der Waals surface area contributed by atoms with Gasteiger partial charge >= 0.3 is 0 Å². The molecule has 35 heavy (non-hydrogen) atoms. The zero-order valence-electron chi connectivity index (χ0n) is 21.2. The Morgan fingerprint density at radius 3 is 1.54 bits per heavy atom. The lowest BCUT2D eigenvalue weighted by Gasteiger charge is -2.10. The molecule has 0 aromatic heterocycles. The summed E-state index contributed by atoms with van der Waals surface area (Å²) >= 11 is 0. The van der Waals surface area contributed by atoms with E-state index in [-0.39, 0.29) is 10.9 Å². The molecule has 5 aromatic rings. The third-order valence-electron chi connectivity index (χ3n) is 7.97. The normalized spacial score (nSPS) is 12.1. The predicted octanol–water partition coefficient (Wildman–Crippen LogP) is 8.67. The lowest BCUT2D eigenvalue weighted by molar-refractivity contribution is 0.557. The molecule has 0 spiro atoms. The Kier molecular flexibility index (Phi) is 7.00. The Morgan fingerprint density at radius 2 is 0.971 bits per heavy atom. The Balaban J connectivity index is 1.51. The minimum absolute atomic E-state index is 0.108. The Labute approximate surface area is 207 Å². The van der Waals surface area contributed by atoms with E-state index < -0.39 is 0 Å². The molecule has 180 valence electrons. The highest BCUT2D eigenvalue weighted by molar-refractivity contribution is 6.25. The van der Waals surface area contributed by atoms with Gasteiger partial charge in [-0.15, -0.1) is 0 Å². The Hall–Kier alpha value is -3.00. The maximum absolute atomic E-state index is 13.7. The van der Waals surface area contributed by atoms with Crippen molar-refractivity contribution in [3.8, 4) is 0 Å². The van der Waals surface area contributed by atoms with Crippen LogP contribution in [0.15, 0.2) is 58.1 Å². The van der Waals surface area contributed by atoms with Gasteiger partial charge in [-0.05, 0) is 52.4 Å². The second-order valence-electron chi connectivity index (χ2n) is 10.3. The fraction of sp³-hybridized carbons (Fsp3) is 0.394. The van der Waals surface area contributed by atoms with E-state index in [2.05, 4.69) is 13.0 Å². The van der Waals surface area contributed by atoms with Crippen LogP contribution in [0.25, 0.3) is 43.1 Å². The zero-order chi connectivity index (χ0) is 24.4. The van der Waals surface area contributed by atoms with Gasteiger partial charge in [0.05, 0.1) is 0 Å². The smallest absolute Gasteiger partial charge is 0.194 e. The average molecular weight is 465 g/mol. The van der Waals surface area contributed by atoms with Crippen LogP contribution in [-0.2, 0) is 6.42 Å². The van der Waals surface area contributed by atoms with Gasteiger partial charge in [-0.1, -0.05) is 113 Å². The summed E-state index contributed by atoms with van der Waals surface area (Å²) in [4.78, 5) is 27.2. The van der Waals surface area contributed by atoms with Crippen molar-refractivity contribution in [2.75, 3.05) is 0 Å². The van der Waals surface area contributed by atoms with Crippen molar-refractivity contribution < 1.29 is 0 Å². The topological polar surface area (TPSA) is 34.1 Å². The minimum Gasteiger partial charge on any atom is -0.289 e. The van der Waals surface area contributed by atoms with E-state index in [9.17, 15) is 9.59 Å². The predicted molar refractivity (Wildman–Crippen MR) is 152 cm³/mol. The summed E-state index contributed by atoms with van der Waals surface area (Å²) in [6.45, 7) is 4.29. The standard InChI is InChI=1S/C33H36O2/c1-3-4-5-6-7-8-9-10-11-12-21-27-30-24-18-14-16-20-26(24)32(34)29(30)22(2)28-23-17-13-15-19-25(23)33(35)31(27)28/h13-20H,3-12,21H2,1-2H3. The van der Waals surface area contributed by atoms with Crippen molar-refractivity contribution in [1.82, 2.24) is 0 Å². The largest absolute Gasteiger partial charge is 0.289 e. The van der Waals surface area contributed by atoms with Crippen LogP contribution in [0.2, 0.25) is 0 Å². The van der Waals surface area contributed by atoms with Gasteiger partial charge in [-0.25, -0.2) is 0 Å². The first-order chi connectivity index (χ1) is 17.1. The van der Waals surface area contributed by atoms with E-state index in [0.717, 1.165) is 67.1 Å².